The standard InChI is InChI=1S/C13H14OS/c1-3-8-14-9-13-10(2)11-6-4-5-7-12(11)15-13/h3-7H,1,8-9H2,2H3. The zero-order valence-corrected chi connectivity index (χ0v) is 9.64. The van der Waals surface area contributed by atoms with Gasteiger partial charge in [0, 0.05) is 9.58 Å². The zero-order chi connectivity index (χ0) is 10.7. The summed E-state index contributed by atoms with van der Waals surface area (Å²) >= 11 is 1.82. The first-order chi connectivity index (χ1) is 7.33. The van der Waals surface area contributed by atoms with Crippen molar-refractivity contribution in [3.05, 3.63) is 47.4 Å². The van der Waals surface area contributed by atoms with Crippen molar-refractivity contribution in [2.45, 2.75) is 13.5 Å². The number of aryl methyl sites for hydroxylation is 1. The lowest BCUT2D eigenvalue weighted by atomic mass is 10.1. The van der Waals surface area contributed by atoms with Crippen LogP contribution in [0.3, 0.4) is 0 Å². The molecule has 0 saturated heterocycles. The number of thiophene rings is 1. The van der Waals surface area contributed by atoms with Crippen molar-refractivity contribution < 1.29 is 4.74 Å². The Hall–Kier alpha value is -1.12. The Kier molecular flexibility index (Phi) is 3.19. The molecule has 2 rings (SSSR count). The Morgan fingerprint density at radius 1 is 1.40 bits per heavy atom. The summed E-state index contributed by atoms with van der Waals surface area (Å²) < 4.78 is 6.81. The Balaban J connectivity index is 2.27. The minimum absolute atomic E-state index is 0.619. The fourth-order valence-electron chi connectivity index (χ4n) is 1.60. The average Bonchev–Trinajstić information content (AvgIpc) is 2.57. The van der Waals surface area contributed by atoms with Crippen molar-refractivity contribution >= 4 is 21.4 Å². The normalized spacial score (nSPS) is 10.7. The monoisotopic (exact) mass is 218 g/mol. The molecule has 0 radical (unpaired) electrons. The molecule has 0 N–H and O–H groups in total. The van der Waals surface area contributed by atoms with Gasteiger partial charge in [-0.1, -0.05) is 24.3 Å². The molecule has 0 aliphatic carbocycles. The average molecular weight is 218 g/mol. The van der Waals surface area contributed by atoms with Crippen molar-refractivity contribution in [3.8, 4) is 0 Å². The van der Waals surface area contributed by atoms with E-state index in [1.807, 2.05) is 11.3 Å². The highest BCUT2D eigenvalue weighted by Crippen LogP contribution is 2.30. The molecular formula is C13H14OS. The highest BCUT2D eigenvalue weighted by molar-refractivity contribution is 7.19. The molecule has 0 spiro atoms. The SMILES string of the molecule is C=CCOCc1sc2ccccc2c1C. The summed E-state index contributed by atoms with van der Waals surface area (Å²) in [6.45, 7) is 7.10. The molecule has 78 valence electrons. The van der Waals surface area contributed by atoms with Crippen LogP contribution >= 0.6 is 11.3 Å². The molecule has 1 aromatic heterocycles. The fraction of sp³-hybridized carbons (Fsp3) is 0.231. The fourth-order valence-corrected chi connectivity index (χ4v) is 2.75. The van der Waals surface area contributed by atoms with Gasteiger partial charge < -0.3 is 4.74 Å². The minimum Gasteiger partial charge on any atom is -0.372 e. The number of hydrogen-bond acceptors (Lipinski definition) is 2. The molecule has 0 aliphatic heterocycles. The third kappa shape index (κ3) is 2.11. The third-order valence-electron chi connectivity index (χ3n) is 2.41. The van der Waals surface area contributed by atoms with Gasteiger partial charge in [-0.25, -0.2) is 0 Å². The van der Waals surface area contributed by atoms with Gasteiger partial charge in [-0.15, -0.1) is 17.9 Å². The molecule has 0 unspecified atom stereocenters. The van der Waals surface area contributed by atoms with Gasteiger partial charge in [-0.05, 0) is 23.9 Å². The van der Waals surface area contributed by atoms with Gasteiger partial charge in [0.15, 0.2) is 0 Å². The van der Waals surface area contributed by atoms with Crippen molar-refractivity contribution in [1.82, 2.24) is 0 Å². The summed E-state index contributed by atoms with van der Waals surface area (Å²) in [6, 6.07) is 8.48. The van der Waals surface area contributed by atoms with Crippen LogP contribution in [-0.2, 0) is 11.3 Å². The van der Waals surface area contributed by atoms with Crippen LogP contribution in [-0.4, -0.2) is 6.61 Å². The van der Waals surface area contributed by atoms with Crippen molar-refractivity contribution in [3.63, 3.8) is 0 Å². The predicted molar refractivity (Wildman–Crippen MR) is 66.4 cm³/mol. The van der Waals surface area contributed by atoms with E-state index in [4.69, 9.17) is 4.74 Å². The van der Waals surface area contributed by atoms with Gasteiger partial charge in [0.05, 0.1) is 13.2 Å². The topological polar surface area (TPSA) is 9.23 Å². The quantitative estimate of drug-likeness (QED) is 0.558. The lowest BCUT2D eigenvalue weighted by Crippen LogP contribution is -1.91. The molecule has 2 aromatic rings. The highest BCUT2D eigenvalue weighted by Gasteiger charge is 2.06. The van der Waals surface area contributed by atoms with Gasteiger partial charge in [0.2, 0.25) is 0 Å². The van der Waals surface area contributed by atoms with Crippen LogP contribution in [0.5, 0.6) is 0 Å². The van der Waals surface area contributed by atoms with Crippen LogP contribution in [0.1, 0.15) is 10.4 Å². The Morgan fingerprint density at radius 2 is 2.20 bits per heavy atom. The second-order valence-electron chi connectivity index (χ2n) is 3.45. The Bertz CT molecular complexity index is 470. The summed E-state index contributed by atoms with van der Waals surface area (Å²) in [5.74, 6) is 0. The minimum atomic E-state index is 0.619. The van der Waals surface area contributed by atoms with E-state index in [1.54, 1.807) is 6.08 Å². The van der Waals surface area contributed by atoms with Gasteiger partial charge in [-0.3, -0.25) is 0 Å². The molecular weight excluding hydrogens is 204 g/mol. The molecule has 2 heteroatoms. The van der Waals surface area contributed by atoms with Gasteiger partial charge in [0.1, 0.15) is 0 Å². The van der Waals surface area contributed by atoms with Gasteiger partial charge >= 0.3 is 0 Å². The smallest absolute Gasteiger partial charge is 0.0816 e. The number of rotatable bonds is 4. The molecule has 0 aliphatic rings. The molecule has 15 heavy (non-hydrogen) atoms. The lowest BCUT2D eigenvalue weighted by Gasteiger charge is -1.99. The molecule has 1 nitrogen and oxygen atoms in total. The largest absolute Gasteiger partial charge is 0.372 e. The maximum atomic E-state index is 5.47. The van der Waals surface area contributed by atoms with Gasteiger partial charge in [0.25, 0.3) is 0 Å². The van der Waals surface area contributed by atoms with E-state index in [-0.39, 0.29) is 0 Å². The molecule has 0 fully saturated rings. The summed E-state index contributed by atoms with van der Waals surface area (Å²) in [4.78, 5) is 1.32. The van der Waals surface area contributed by atoms with E-state index in [9.17, 15) is 0 Å². The first kappa shape index (κ1) is 10.4. The lowest BCUT2D eigenvalue weighted by molar-refractivity contribution is 0.151. The van der Waals surface area contributed by atoms with E-state index in [2.05, 4.69) is 37.8 Å². The summed E-state index contributed by atoms with van der Waals surface area (Å²) in [6.07, 6.45) is 1.78. The number of benzene rings is 1. The van der Waals surface area contributed by atoms with Crippen LogP contribution in [0.2, 0.25) is 0 Å². The summed E-state index contributed by atoms with van der Waals surface area (Å²) in [7, 11) is 0. The van der Waals surface area contributed by atoms with E-state index >= 15 is 0 Å². The van der Waals surface area contributed by atoms with Crippen LogP contribution in [0.4, 0.5) is 0 Å². The van der Waals surface area contributed by atoms with E-state index in [1.165, 1.54) is 20.5 Å². The first-order valence-corrected chi connectivity index (χ1v) is 5.80. The van der Waals surface area contributed by atoms with Crippen LogP contribution in [0.25, 0.3) is 10.1 Å². The number of fused-ring (bicyclic) bond motifs is 1. The Labute approximate surface area is 94.0 Å². The van der Waals surface area contributed by atoms with Crippen molar-refractivity contribution in [1.29, 1.82) is 0 Å². The van der Waals surface area contributed by atoms with Gasteiger partial charge in [-0.2, -0.15) is 0 Å². The number of hydrogen-bond donors (Lipinski definition) is 0. The van der Waals surface area contributed by atoms with E-state index < -0.39 is 0 Å². The second-order valence-corrected chi connectivity index (χ2v) is 4.59. The van der Waals surface area contributed by atoms with Crippen LogP contribution in [0.15, 0.2) is 36.9 Å². The molecule has 0 atom stereocenters. The van der Waals surface area contributed by atoms with Crippen LogP contribution in [0, 0.1) is 6.92 Å². The van der Waals surface area contributed by atoms with E-state index in [0.29, 0.717) is 13.2 Å². The number of ether oxygens (including phenoxy) is 1. The maximum Gasteiger partial charge on any atom is 0.0816 e. The molecule has 1 heterocycles. The second kappa shape index (κ2) is 4.60. The van der Waals surface area contributed by atoms with Crippen molar-refractivity contribution in [2.75, 3.05) is 6.61 Å². The molecule has 0 amide bonds. The van der Waals surface area contributed by atoms with E-state index in [0.717, 1.165) is 0 Å². The predicted octanol–water partition coefficient (Wildman–Crippen LogP) is 3.91. The van der Waals surface area contributed by atoms with Crippen LogP contribution < -0.4 is 0 Å². The zero-order valence-electron chi connectivity index (χ0n) is 8.82. The molecule has 0 saturated carbocycles. The summed E-state index contributed by atoms with van der Waals surface area (Å²) in [5.41, 5.74) is 1.35. The molecule has 1 aromatic carbocycles. The molecule has 0 bridgehead atoms. The third-order valence-corrected chi connectivity index (χ3v) is 3.66. The highest BCUT2D eigenvalue weighted by atomic mass is 32.1. The Morgan fingerprint density at radius 3 is 2.93 bits per heavy atom. The van der Waals surface area contributed by atoms with Crippen molar-refractivity contribution in [2.24, 2.45) is 0 Å². The first-order valence-electron chi connectivity index (χ1n) is 4.98. The maximum absolute atomic E-state index is 5.47. The summed E-state index contributed by atoms with van der Waals surface area (Å²) in [5, 5.41) is 1.35.